The van der Waals surface area contributed by atoms with Gasteiger partial charge < -0.3 is 10.1 Å². The summed E-state index contributed by atoms with van der Waals surface area (Å²) in [7, 11) is -4.03. The van der Waals surface area contributed by atoms with Gasteiger partial charge in [0.1, 0.15) is 12.3 Å². The first kappa shape index (κ1) is 24.7. The van der Waals surface area contributed by atoms with Crippen LogP contribution in [0.3, 0.4) is 0 Å². The summed E-state index contributed by atoms with van der Waals surface area (Å²) in [4.78, 5) is 14.0. The maximum Gasteiger partial charge on any atom is 0.264 e. The number of aryl methyl sites for hydroxylation is 1. The number of ether oxygens (including phenoxy) is 1. The van der Waals surface area contributed by atoms with Crippen LogP contribution in [0.1, 0.15) is 19.4 Å². The highest BCUT2D eigenvalue weighted by atomic mass is 32.2. The molecule has 0 aliphatic rings. The SMILES string of the molecule is CCOc1ccccc1N(CC(=O)Nc1ccc(CC)cc1)S(=O)(=O)c1ccc(SC)cc1. The number of para-hydroxylation sites is 2. The standard InChI is InChI=1S/C25H28N2O4S2/c1-4-19-10-12-20(13-11-19)26-25(28)18-27(23-8-6-7-9-24(23)31-5-2)33(29,30)22-16-14-21(32-3)15-17-22/h6-17H,4-5,18H2,1-3H3,(H,26,28). The maximum absolute atomic E-state index is 13.6. The predicted molar refractivity (Wildman–Crippen MR) is 135 cm³/mol. The number of nitrogens with one attached hydrogen (secondary N) is 1. The largest absolute Gasteiger partial charge is 0.492 e. The van der Waals surface area contributed by atoms with Gasteiger partial charge in [0.2, 0.25) is 5.91 Å². The molecule has 6 nitrogen and oxygen atoms in total. The second-order valence-corrected chi connectivity index (χ2v) is 9.93. The van der Waals surface area contributed by atoms with E-state index < -0.39 is 22.5 Å². The molecule has 0 radical (unpaired) electrons. The molecule has 0 fully saturated rings. The summed E-state index contributed by atoms with van der Waals surface area (Å²) in [5.41, 5.74) is 2.07. The number of thioether (sulfide) groups is 1. The summed E-state index contributed by atoms with van der Waals surface area (Å²) in [5.74, 6) is -0.0562. The average molecular weight is 485 g/mol. The Bertz CT molecular complexity index is 1180. The van der Waals surface area contributed by atoms with Gasteiger partial charge in [0.05, 0.1) is 17.2 Å². The van der Waals surface area contributed by atoms with Crippen LogP contribution in [0, 0.1) is 0 Å². The molecule has 8 heteroatoms. The van der Waals surface area contributed by atoms with Gasteiger partial charge in [-0.2, -0.15) is 0 Å². The monoisotopic (exact) mass is 484 g/mol. The number of amides is 1. The number of benzene rings is 3. The minimum atomic E-state index is -4.03. The molecule has 1 amide bonds. The number of hydrogen-bond acceptors (Lipinski definition) is 5. The van der Waals surface area contributed by atoms with Gasteiger partial charge in [-0.1, -0.05) is 31.2 Å². The molecule has 33 heavy (non-hydrogen) atoms. The van der Waals surface area contributed by atoms with Crippen LogP contribution in [-0.2, 0) is 21.2 Å². The van der Waals surface area contributed by atoms with Gasteiger partial charge >= 0.3 is 0 Å². The molecular formula is C25H28N2O4S2. The van der Waals surface area contributed by atoms with E-state index in [9.17, 15) is 13.2 Å². The van der Waals surface area contributed by atoms with Crippen molar-refractivity contribution in [3.63, 3.8) is 0 Å². The van der Waals surface area contributed by atoms with Crippen molar-refractivity contribution in [1.82, 2.24) is 0 Å². The molecule has 0 bridgehead atoms. The van der Waals surface area contributed by atoms with Crippen LogP contribution < -0.4 is 14.4 Å². The van der Waals surface area contributed by atoms with E-state index in [0.717, 1.165) is 21.2 Å². The lowest BCUT2D eigenvalue weighted by molar-refractivity contribution is -0.114. The van der Waals surface area contributed by atoms with Gasteiger partial charge in [-0.25, -0.2) is 8.42 Å². The highest BCUT2D eigenvalue weighted by Crippen LogP contribution is 2.33. The van der Waals surface area contributed by atoms with Crippen LogP contribution in [0.2, 0.25) is 0 Å². The van der Waals surface area contributed by atoms with E-state index in [1.807, 2.05) is 37.4 Å². The lowest BCUT2D eigenvalue weighted by Gasteiger charge is -2.26. The fourth-order valence-corrected chi connectivity index (χ4v) is 5.11. The first-order valence-electron chi connectivity index (χ1n) is 10.7. The van der Waals surface area contributed by atoms with Crippen LogP contribution in [0.5, 0.6) is 5.75 Å². The Hall–Kier alpha value is -2.97. The van der Waals surface area contributed by atoms with Crippen LogP contribution in [0.4, 0.5) is 11.4 Å². The summed E-state index contributed by atoms with van der Waals surface area (Å²) >= 11 is 1.52. The summed E-state index contributed by atoms with van der Waals surface area (Å²) in [6.45, 7) is 3.84. The topological polar surface area (TPSA) is 75.7 Å². The quantitative estimate of drug-likeness (QED) is 0.400. The third-order valence-corrected chi connectivity index (χ3v) is 7.53. The molecule has 0 aliphatic heterocycles. The Morgan fingerprint density at radius 3 is 2.24 bits per heavy atom. The highest BCUT2D eigenvalue weighted by molar-refractivity contribution is 7.98. The molecule has 1 N–H and O–H groups in total. The Kier molecular flexibility index (Phi) is 8.41. The fourth-order valence-electron chi connectivity index (χ4n) is 3.27. The van der Waals surface area contributed by atoms with E-state index >= 15 is 0 Å². The zero-order chi connectivity index (χ0) is 23.8. The Morgan fingerprint density at radius 1 is 0.970 bits per heavy atom. The van der Waals surface area contributed by atoms with Gasteiger partial charge in [0.25, 0.3) is 10.0 Å². The zero-order valence-electron chi connectivity index (χ0n) is 18.9. The normalized spacial score (nSPS) is 11.1. The summed E-state index contributed by atoms with van der Waals surface area (Å²) in [6.07, 6.45) is 2.81. The molecular weight excluding hydrogens is 456 g/mol. The first-order chi connectivity index (χ1) is 15.9. The molecule has 174 valence electrons. The Morgan fingerprint density at radius 2 is 1.64 bits per heavy atom. The minimum Gasteiger partial charge on any atom is -0.492 e. The number of rotatable bonds is 10. The van der Waals surface area contributed by atoms with Crippen molar-refractivity contribution < 1.29 is 17.9 Å². The van der Waals surface area contributed by atoms with E-state index in [1.54, 1.807) is 48.5 Å². The van der Waals surface area contributed by atoms with E-state index in [0.29, 0.717) is 23.7 Å². The molecule has 0 spiro atoms. The smallest absolute Gasteiger partial charge is 0.264 e. The van der Waals surface area contributed by atoms with Crippen molar-refractivity contribution in [2.75, 3.05) is 29.0 Å². The van der Waals surface area contributed by atoms with Crippen LogP contribution in [-0.4, -0.2) is 33.7 Å². The Labute approximate surface area is 200 Å². The second kappa shape index (κ2) is 11.2. The molecule has 0 saturated heterocycles. The van der Waals surface area contributed by atoms with Crippen molar-refractivity contribution in [2.24, 2.45) is 0 Å². The average Bonchev–Trinajstić information content (AvgIpc) is 2.83. The van der Waals surface area contributed by atoms with Gasteiger partial charge in [-0.05, 0) is 73.7 Å². The third kappa shape index (κ3) is 6.09. The lowest BCUT2D eigenvalue weighted by atomic mass is 10.1. The van der Waals surface area contributed by atoms with E-state index in [1.165, 1.54) is 11.8 Å². The van der Waals surface area contributed by atoms with E-state index in [4.69, 9.17) is 4.74 Å². The maximum atomic E-state index is 13.6. The number of anilines is 2. The zero-order valence-corrected chi connectivity index (χ0v) is 20.6. The van der Waals surface area contributed by atoms with Crippen molar-refractivity contribution in [2.45, 2.75) is 30.1 Å². The summed E-state index contributed by atoms with van der Waals surface area (Å²) in [5, 5.41) is 2.80. The van der Waals surface area contributed by atoms with Crippen LogP contribution in [0.15, 0.2) is 82.6 Å². The minimum absolute atomic E-state index is 0.103. The Balaban J connectivity index is 1.96. The molecule has 0 heterocycles. The summed E-state index contributed by atoms with van der Waals surface area (Å²) < 4.78 is 34.1. The third-order valence-electron chi connectivity index (χ3n) is 5.01. The van der Waals surface area contributed by atoms with Crippen molar-refractivity contribution in [3.8, 4) is 5.75 Å². The lowest BCUT2D eigenvalue weighted by Crippen LogP contribution is -2.38. The van der Waals surface area contributed by atoms with Crippen molar-refractivity contribution in [3.05, 3.63) is 78.4 Å². The molecule has 3 rings (SSSR count). The first-order valence-corrected chi connectivity index (χ1v) is 13.3. The van der Waals surface area contributed by atoms with E-state index in [2.05, 4.69) is 12.2 Å². The number of nitrogens with zero attached hydrogens (tertiary/aromatic N) is 1. The molecule has 3 aromatic rings. The highest BCUT2D eigenvalue weighted by Gasteiger charge is 2.29. The van der Waals surface area contributed by atoms with Gasteiger partial charge in [-0.3, -0.25) is 9.10 Å². The van der Waals surface area contributed by atoms with Gasteiger partial charge in [0, 0.05) is 10.6 Å². The number of hydrogen-bond donors (Lipinski definition) is 1. The molecule has 0 aromatic heterocycles. The second-order valence-electron chi connectivity index (χ2n) is 7.19. The fraction of sp³-hybridized carbons (Fsp3) is 0.240. The van der Waals surface area contributed by atoms with E-state index in [-0.39, 0.29) is 4.90 Å². The molecule has 3 aromatic carbocycles. The molecule has 0 saturated carbocycles. The van der Waals surface area contributed by atoms with Crippen LogP contribution in [0.25, 0.3) is 0 Å². The van der Waals surface area contributed by atoms with Crippen molar-refractivity contribution in [1.29, 1.82) is 0 Å². The predicted octanol–water partition coefficient (Wildman–Crippen LogP) is 5.20. The van der Waals surface area contributed by atoms with Gasteiger partial charge in [0.15, 0.2) is 0 Å². The van der Waals surface area contributed by atoms with Crippen molar-refractivity contribution >= 4 is 39.1 Å². The number of sulfonamides is 1. The molecule has 0 atom stereocenters. The van der Waals surface area contributed by atoms with Gasteiger partial charge in [-0.15, -0.1) is 11.8 Å². The van der Waals surface area contributed by atoms with Crippen LogP contribution >= 0.6 is 11.8 Å². The number of carbonyl (C=O) groups excluding carboxylic acids is 1. The number of carbonyl (C=O) groups is 1. The molecule has 0 aliphatic carbocycles. The molecule has 0 unspecified atom stereocenters. The summed E-state index contributed by atoms with van der Waals surface area (Å²) in [6, 6.07) is 20.9.